The average molecular weight is 291 g/mol. The van der Waals surface area contributed by atoms with Crippen LogP contribution >= 0.6 is 11.8 Å². The second-order valence-corrected chi connectivity index (χ2v) is 5.66. The smallest absolute Gasteiger partial charge is 0.165 e. The van der Waals surface area contributed by atoms with Crippen molar-refractivity contribution in [2.75, 3.05) is 12.4 Å². The van der Waals surface area contributed by atoms with Crippen molar-refractivity contribution in [3.8, 4) is 5.75 Å². The van der Waals surface area contributed by atoms with Gasteiger partial charge in [-0.2, -0.15) is 0 Å². The molecule has 2 nitrogen and oxygen atoms in total. The Morgan fingerprint density at radius 2 is 1.95 bits per heavy atom. The Morgan fingerprint density at radius 3 is 2.60 bits per heavy atom. The van der Waals surface area contributed by atoms with Gasteiger partial charge in [-0.05, 0) is 36.8 Å². The van der Waals surface area contributed by atoms with Gasteiger partial charge in [0.15, 0.2) is 11.6 Å². The third-order valence-corrected chi connectivity index (χ3v) is 3.81. The highest BCUT2D eigenvalue weighted by Crippen LogP contribution is 2.22. The fraction of sp³-hybridized carbons (Fsp3) is 0.250. The van der Waals surface area contributed by atoms with Gasteiger partial charge in [0.1, 0.15) is 0 Å². The number of hydrogen-bond donors (Lipinski definition) is 1. The Bertz CT molecular complexity index is 545. The molecule has 0 aliphatic carbocycles. The van der Waals surface area contributed by atoms with E-state index in [1.165, 1.54) is 11.0 Å². The normalized spacial score (nSPS) is 12.2. The molecule has 2 N–H and O–H groups in total. The summed E-state index contributed by atoms with van der Waals surface area (Å²) >= 11 is 1.69. The maximum atomic E-state index is 13.8. The number of nitrogens with two attached hydrogens (primary N) is 1. The van der Waals surface area contributed by atoms with Crippen LogP contribution in [0.2, 0.25) is 0 Å². The fourth-order valence-electron chi connectivity index (χ4n) is 1.75. The van der Waals surface area contributed by atoms with Crippen molar-refractivity contribution in [2.24, 2.45) is 5.73 Å². The molecule has 2 aromatic carbocycles. The first-order valence-electron chi connectivity index (χ1n) is 6.52. The number of benzene rings is 2. The number of hydrogen-bond acceptors (Lipinski definition) is 3. The highest BCUT2D eigenvalue weighted by Gasteiger charge is 2.07. The third-order valence-electron chi connectivity index (χ3n) is 2.83. The van der Waals surface area contributed by atoms with Crippen molar-refractivity contribution >= 4 is 11.8 Å². The van der Waals surface area contributed by atoms with E-state index >= 15 is 0 Å². The zero-order valence-corrected chi connectivity index (χ0v) is 12.2. The van der Waals surface area contributed by atoms with Crippen LogP contribution in [0.4, 0.5) is 4.39 Å². The minimum Gasteiger partial charge on any atom is -0.490 e. The molecule has 20 heavy (non-hydrogen) atoms. The summed E-state index contributed by atoms with van der Waals surface area (Å²) in [5.74, 6) is 0.700. The van der Waals surface area contributed by atoms with Crippen LogP contribution in [0, 0.1) is 5.82 Å². The average Bonchev–Trinajstić information content (AvgIpc) is 2.46. The maximum absolute atomic E-state index is 13.8. The van der Waals surface area contributed by atoms with E-state index in [9.17, 15) is 4.39 Å². The molecular weight excluding hydrogens is 273 g/mol. The van der Waals surface area contributed by atoms with Crippen molar-refractivity contribution in [2.45, 2.75) is 17.9 Å². The van der Waals surface area contributed by atoms with Gasteiger partial charge in [-0.1, -0.05) is 24.3 Å². The quantitative estimate of drug-likeness (QED) is 0.645. The van der Waals surface area contributed by atoms with E-state index in [1.807, 2.05) is 37.3 Å². The molecule has 0 bridgehead atoms. The first-order valence-corrected chi connectivity index (χ1v) is 7.51. The van der Waals surface area contributed by atoms with Gasteiger partial charge in [-0.15, -0.1) is 11.8 Å². The second kappa shape index (κ2) is 7.31. The fourth-order valence-corrected chi connectivity index (χ4v) is 2.50. The topological polar surface area (TPSA) is 35.2 Å². The number of halogens is 1. The summed E-state index contributed by atoms with van der Waals surface area (Å²) in [6.45, 7) is 2.29. The Hall–Kier alpha value is -1.52. The van der Waals surface area contributed by atoms with E-state index in [0.29, 0.717) is 6.61 Å². The monoisotopic (exact) mass is 291 g/mol. The predicted molar refractivity (Wildman–Crippen MR) is 81.7 cm³/mol. The lowest BCUT2D eigenvalue weighted by Gasteiger charge is -2.10. The van der Waals surface area contributed by atoms with Crippen LogP contribution in [0.1, 0.15) is 18.5 Å². The zero-order valence-electron chi connectivity index (χ0n) is 11.4. The highest BCUT2D eigenvalue weighted by atomic mass is 32.2. The minimum atomic E-state index is -0.357. The molecule has 0 saturated carbocycles. The van der Waals surface area contributed by atoms with Crippen molar-refractivity contribution in [1.29, 1.82) is 0 Å². The zero-order chi connectivity index (χ0) is 14.4. The van der Waals surface area contributed by atoms with Gasteiger partial charge in [0, 0.05) is 16.7 Å². The first-order chi connectivity index (χ1) is 9.66. The van der Waals surface area contributed by atoms with E-state index in [4.69, 9.17) is 10.5 Å². The summed E-state index contributed by atoms with van der Waals surface area (Å²) < 4.78 is 19.2. The van der Waals surface area contributed by atoms with Crippen molar-refractivity contribution in [3.63, 3.8) is 0 Å². The van der Waals surface area contributed by atoms with Crippen molar-refractivity contribution in [1.82, 2.24) is 0 Å². The van der Waals surface area contributed by atoms with Gasteiger partial charge in [0.2, 0.25) is 0 Å². The molecule has 2 aromatic rings. The Kier molecular flexibility index (Phi) is 5.44. The Labute approximate surface area is 123 Å². The van der Waals surface area contributed by atoms with Gasteiger partial charge in [-0.3, -0.25) is 0 Å². The molecule has 0 aromatic heterocycles. The summed E-state index contributed by atoms with van der Waals surface area (Å²) in [5, 5.41) is 0. The number of ether oxygens (including phenoxy) is 1. The van der Waals surface area contributed by atoms with Gasteiger partial charge in [0.25, 0.3) is 0 Å². The van der Waals surface area contributed by atoms with Crippen LogP contribution in [-0.4, -0.2) is 12.4 Å². The van der Waals surface area contributed by atoms with E-state index in [2.05, 4.69) is 0 Å². The molecule has 0 unspecified atom stereocenters. The SMILES string of the molecule is C[C@H](N)c1ccc(OCCSc2ccccc2)c(F)c1. The van der Waals surface area contributed by atoms with Crippen LogP contribution in [-0.2, 0) is 0 Å². The van der Waals surface area contributed by atoms with Gasteiger partial charge < -0.3 is 10.5 Å². The Morgan fingerprint density at radius 1 is 1.20 bits per heavy atom. The molecular formula is C16H18FNOS. The molecule has 0 radical (unpaired) electrons. The van der Waals surface area contributed by atoms with E-state index in [1.54, 1.807) is 23.9 Å². The van der Waals surface area contributed by atoms with Gasteiger partial charge in [-0.25, -0.2) is 4.39 Å². The third kappa shape index (κ3) is 4.25. The molecule has 106 valence electrons. The molecule has 0 amide bonds. The number of thioether (sulfide) groups is 1. The van der Waals surface area contributed by atoms with Crippen molar-refractivity contribution < 1.29 is 9.13 Å². The minimum absolute atomic E-state index is 0.174. The lowest BCUT2D eigenvalue weighted by Crippen LogP contribution is -2.06. The summed E-state index contributed by atoms with van der Waals surface area (Å²) in [6, 6.07) is 14.8. The maximum Gasteiger partial charge on any atom is 0.165 e. The standard InChI is InChI=1S/C16H18FNOS/c1-12(18)13-7-8-16(15(17)11-13)19-9-10-20-14-5-3-2-4-6-14/h2-8,11-12H,9-10,18H2,1H3/t12-/m0/s1. The molecule has 0 spiro atoms. The van der Waals surface area contributed by atoms with Gasteiger partial charge >= 0.3 is 0 Å². The van der Waals surface area contributed by atoms with Crippen LogP contribution in [0.25, 0.3) is 0 Å². The van der Waals surface area contributed by atoms with E-state index in [-0.39, 0.29) is 17.6 Å². The van der Waals surface area contributed by atoms with Crippen LogP contribution in [0.5, 0.6) is 5.75 Å². The van der Waals surface area contributed by atoms with E-state index in [0.717, 1.165) is 11.3 Å². The molecule has 0 aliphatic heterocycles. The highest BCUT2D eigenvalue weighted by molar-refractivity contribution is 7.99. The van der Waals surface area contributed by atoms with E-state index < -0.39 is 0 Å². The van der Waals surface area contributed by atoms with Crippen LogP contribution in [0.15, 0.2) is 53.4 Å². The molecule has 0 heterocycles. The second-order valence-electron chi connectivity index (χ2n) is 4.49. The lowest BCUT2D eigenvalue weighted by atomic mass is 10.1. The summed E-state index contributed by atoms with van der Waals surface area (Å²) in [4.78, 5) is 1.18. The summed E-state index contributed by atoms with van der Waals surface area (Å²) in [7, 11) is 0. The molecule has 1 atom stereocenters. The molecule has 0 aliphatic rings. The van der Waals surface area contributed by atoms with Crippen LogP contribution < -0.4 is 10.5 Å². The molecule has 4 heteroatoms. The van der Waals surface area contributed by atoms with Crippen LogP contribution in [0.3, 0.4) is 0 Å². The lowest BCUT2D eigenvalue weighted by molar-refractivity contribution is 0.324. The summed E-state index contributed by atoms with van der Waals surface area (Å²) in [6.07, 6.45) is 0. The predicted octanol–water partition coefficient (Wildman–Crippen LogP) is 4.02. The summed E-state index contributed by atoms with van der Waals surface area (Å²) in [5.41, 5.74) is 6.48. The Balaban J connectivity index is 1.82. The molecule has 2 rings (SSSR count). The molecule has 0 fully saturated rings. The largest absolute Gasteiger partial charge is 0.490 e. The molecule has 0 saturated heterocycles. The number of rotatable bonds is 6. The van der Waals surface area contributed by atoms with Crippen molar-refractivity contribution in [3.05, 3.63) is 59.9 Å². The van der Waals surface area contributed by atoms with Gasteiger partial charge in [0.05, 0.1) is 6.61 Å². The first kappa shape index (κ1) is 14.9.